The van der Waals surface area contributed by atoms with E-state index in [0.717, 1.165) is 0 Å². The van der Waals surface area contributed by atoms with Crippen molar-refractivity contribution >= 4 is 15.5 Å². The first kappa shape index (κ1) is 16.6. The van der Waals surface area contributed by atoms with Gasteiger partial charge in [-0.2, -0.15) is 0 Å². The van der Waals surface area contributed by atoms with Crippen LogP contribution in [0.3, 0.4) is 0 Å². The molecule has 0 saturated heterocycles. The molecule has 0 aromatic heterocycles. The van der Waals surface area contributed by atoms with Crippen molar-refractivity contribution in [1.29, 1.82) is 0 Å². The highest BCUT2D eigenvalue weighted by molar-refractivity contribution is 7.91. The van der Waals surface area contributed by atoms with Crippen LogP contribution < -0.4 is 10.1 Å². The first-order chi connectivity index (χ1) is 9.23. The van der Waals surface area contributed by atoms with Gasteiger partial charge < -0.3 is 10.1 Å². The molecule has 1 rings (SSSR count). The molecule has 20 heavy (non-hydrogen) atoms. The summed E-state index contributed by atoms with van der Waals surface area (Å²) in [5, 5.41) is 2.74. The zero-order valence-electron chi connectivity index (χ0n) is 10.9. The average molecular weight is 311 g/mol. The van der Waals surface area contributed by atoms with Crippen molar-refractivity contribution in [3.8, 4) is 5.75 Å². The van der Waals surface area contributed by atoms with Gasteiger partial charge in [-0.05, 0) is 18.6 Å². The van der Waals surface area contributed by atoms with Crippen LogP contribution in [0.15, 0.2) is 24.3 Å². The predicted octanol–water partition coefficient (Wildman–Crippen LogP) is 2.82. The Morgan fingerprint density at radius 3 is 2.50 bits per heavy atom. The van der Waals surface area contributed by atoms with Crippen molar-refractivity contribution < 1.29 is 26.3 Å². The van der Waals surface area contributed by atoms with Crippen LogP contribution in [0.1, 0.15) is 13.3 Å². The van der Waals surface area contributed by atoms with Crippen molar-refractivity contribution in [1.82, 2.24) is 0 Å². The van der Waals surface area contributed by atoms with Crippen LogP contribution in [-0.2, 0) is 9.84 Å². The second kappa shape index (κ2) is 6.83. The van der Waals surface area contributed by atoms with Gasteiger partial charge in [-0.1, -0.05) is 19.1 Å². The molecule has 0 aliphatic rings. The summed E-state index contributed by atoms with van der Waals surface area (Å²) in [5.41, 5.74) is 0.179. The summed E-state index contributed by atoms with van der Waals surface area (Å²) in [5.74, 6) is -0.280. The molecular weight excluding hydrogens is 295 g/mol. The fourth-order valence-electron chi connectivity index (χ4n) is 1.49. The highest BCUT2D eigenvalue weighted by atomic mass is 32.2. The molecule has 4 nitrogen and oxygen atoms in total. The third-order valence-electron chi connectivity index (χ3n) is 2.50. The maximum atomic E-state index is 12.2. The van der Waals surface area contributed by atoms with Gasteiger partial charge in [-0.3, -0.25) is 0 Å². The van der Waals surface area contributed by atoms with Crippen LogP contribution in [0.5, 0.6) is 5.75 Å². The molecule has 8 heteroatoms. The average Bonchev–Trinajstić information content (AvgIpc) is 2.35. The van der Waals surface area contributed by atoms with Crippen LogP contribution in [-0.4, -0.2) is 32.8 Å². The highest BCUT2D eigenvalue weighted by Gasteiger charge is 2.32. The SMILES string of the molecule is CCS(=O)(=O)CCCNc1ccccc1OC(F)(F)F. The number of hydrogen-bond donors (Lipinski definition) is 1. The van der Waals surface area contributed by atoms with Gasteiger partial charge in [-0.25, -0.2) is 8.42 Å². The summed E-state index contributed by atoms with van der Waals surface area (Å²) in [4.78, 5) is 0. The van der Waals surface area contributed by atoms with Gasteiger partial charge in [-0.15, -0.1) is 13.2 Å². The first-order valence-electron chi connectivity index (χ1n) is 6.02. The van der Waals surface area contributed by atoms with Crippen LogP contribution >= 0.6 is 0 Å². The lowest BCUT2D eigenvalue weighted by Gasteiger charge is -2.14. The van der Waals surface area contributed by atoms with Gasteiger partial charge in [0.15, 0.2) is 5.75 Å². The highest BCUT2D eigenvalue weighted by Crippen LogP contribution is 2.29. The minimum Gasteiger partial charge on any atom is -0.404 e. The lowest BCUT2D eigenvalue weighted by molar-refractivity contribution is -0.274. The first-order valence-corrected chi connectivity index (χ1v) is 7.85. The van der Waals surface area contributed by atoms with Crippen molar-refractivity contribution in [3.05, 3.63) is 24.3 Å². The number of anilines is 1. The molecule has 0 atom stereocenters. The minimum absolute atomic E-state index is 0.00120. The summed E-state index contributed by atoms with van der Waals surface area (Å²) in [6, 6.07) is 5.62. The molecule has 1 aromatic carbocycles. The number of hydrogen-bond acceptors (Lipinski definition) is 4. The molecule has 0 heterocycles. The van der Waals surface area contributed by atoms with Gasteiger partial charge in [0, 0.05) is 12.3 Å². The second-order valence-electron chi connectivity index (χ2n) is 4.06. The van der Waals surface area contributed by atoms with Crippen molar-refractivity contribution in [2.75, 3.05) is 23.4 Å². The second-order valence-corrected chi connectivity index (χ2v) is 6.53. The van der Waals surface area contributed by atoms with Crippen LogP contribution in [0, 0.1) is 0 Å². The van der Waals surface area contributed by atoms with Gasteiger partial charge in [0.1, 0.15) is 9.84 Å². The van der Waals surface area contributed by atoms with Crippen molar-refractivity contribution in [2.45, 2.75) is 19.7 Å². The molecule has 0 spiro atoms. The normalized spacial score (nSPS) is 12.2. The number of halogens is 3. The predicted molar refractivity (Wildman–Crippen MR) is 70.6 cm³/mol. The lowest BCUT2D eigenvalue weighted by atomic mass is 10.3. The molecule has 0 unspecified atom stereocenters. The summed E-state index contributed by atoms with van der Waals surface area (Å²) in [7, 11) is -3.06. The Balaban J connectivity index is 2.56. The van der Waals surface area contributed by atoms with Crippen molar-refractivity contribution in [2.24, 2.45) is 0 Å². The maximum absolute atomic E-state index is 12.2. The van der Waals surface area contributed by atoms with E-state index in [0.29, 0.717) is 6.42 Å². The standard InChI is InChI=1S/C12H16F3NO3S/c1-2-20(17,18)9-5-8-16-10-6-3-4-7-11(10)19-12(13,14)15/h3-4,6-7,16H,2,5,8-9H2,1H3. The summed E-state index contributed by atoms with van der Waals surface area (Å²) < 4.78 is 62.9. The van der Waals surface area contributed by atoms with E-state index in [-0.39, 0.29) is 29.5 Å². The van der Waals surface area contributed by atoms with Gasteiger partial charge in [0.2, 0.25) is 0 Å². The maximum Gasteiger partial charge on any atom is 0.573 e. The molecule has 0 amide bonds. The van der Waals surface area contributed by atoms with E-state index in [2.05, 4.69) is 10.1 Å². The zero-order chi connectivity index (χ0) is 15.2. The molecule has 0 aliphatic heterocycles. The van der Waals surface area contributed by atoms with E-state index in [1.807, 2.05) is 0 Å². The summed E-state index contributed by atoms with van der Waals surface area (Å²) >= 11 is 0. The third kappa shape index (κ3) is 6.14. The molecule has 1 N–H and O–H groups in total. The number of para-hydroxylation sites is 2. The van der Waals surface area contributed by atoms with E-state index in [9.17, 15) is 21.6 Å². The fraction of sp³-hybridized carbons (Fsp3) is 0.500. The van der Waals surface area contributed by atoms with E-state index in [1.165, 1.54) is 18.2 Å². The van der Waals surface area contributed by atoms with E-state index in [4.69, 9.17) is 0 Å². The number of sulfone groups is 1. The quantitative estimate of drug-likeness (QED) is 0.787. The van der Waals surface area contributed by atoms with Crippen molar-refractivity contribution in [3.63, 3.8) is 0 Å². The Hall–Kier alpha value is -1.44. The zero-order valence-corrected chi connectivity index (χ0v) is 11.7. The number of ether oxygens (including phenoxy) is 1. The minimum atomic E-state index is -4.76. The Kier molecular flexibility index (Phi) is 5.67. The summed E-state index contributed by atoms with van der Waals surface area (Å²) in [6.07, 6.45) is -4.44. The van der Waals surface area contributed by atoms with Gasteiger partial charge >= 0.3 is 6.36 Å². The number of benzene rings is 1. The van der Waals surface area contributed by atoms with E-state index >= 15 is 0 Å². The van der Waals surface area contributed by atoms with Crippen LogP contribution in [0.4, 0.5) is 18.9 Å². The van der Waals surface area contributed by atoms with Gasteiger partial charge in [0.25, 0.3) is 0 Å². The molecule has 0 fully saturated rings. The van der Waals surface area contributed by atoms with Crippen LogP contribution in [0.2, 0.25) is 0 Å². The molecule has 0 saturated carbocycles. The summed E-state index contributed by atoms with van der Waals surface area (Å²) in [6.45, 7) is 1.80. The molecule has 114 valence electrons. The van der Waals surface area contributed by atoms with E-state index < -0.39 is 16.2 Å². The Morgan fingerprint density at radius 2 is 1.90 bits per heavy atom. The molecule has 0 aliphatic carbocycles. The Labute approximate surface area is 115 Å². The third-order valence-corrected chi connectivity index (χ3v) is 4.29. The smallest absolute Gasteiger partial charge is 0.404 e. The van der Waals surface area contributed by atoms with E-state index in [1.54, 1.807) is 13.0 Å². The Morgan fingerprint density at radius 1 is 1.25 bits per heavy atom. The number of alkyl halides is 3. The van der Waals surface area contributed by atoms with Crippen LogP contribution in [0.25, 0.3) is 0 Å². The lowest BCUT2D eigenvalue weighted by Crippen LogP contribution is -2.18. The molecule has 0 radical (unpaired) electrons. The fourth-order valence-corrected chi connectivity index (χ4v) is 2.36. The number of rotatable bonds is 7. The molecule has 1 aromatic rings. The number of nitrogens with one attached hydrogen (secondary N) is 1. The molecular formula is C12H16F3NO3S. The monoisotopic (exact) mass is 311 g/mol. The largest absolute Gasteiger partial charge is 0.573 e. The topological polar surface area (TPSA) is 55.4 Å². The van der Waals surface area contributed by atoms with Gasteiger partial charge in [0.05, 0.1) is 11.4 Å². The Bertz CT molecular complexity index is 529. The molecule has 0 bridgehead atoms.